The van der Waals surface area contributed by atoms with Crippen LogP contribution in [0.5, 0.6) is 0 Å². The molecule has 3 rings (SSSR count). The number of carbonyl (C=O) groups excluding carboxylic acids is 3. The first-order valence-electron chi connectivity index (χ1n) is 9.16. The van der Waals surface area contributed by atoms with Crippen molar-refractivity contribution in [1.29, 1.82) is 0 Å². The van der Waals surface area contributed by atoms with E-state index in [9.17, 15) is 18.8 Å². The summed E-state index contributed by atoms with van der Waals surface area (Å²) < 4.78 is 18.0. The van der Waals surface area contributed by atoms with Crippen molar-refractivity contribution in [2.45, 2.75) is 45.7 Å². The molecule has 0 bridgehead atoms. The van der Waals surface area contributed by atoms with E-state index in [0.29, 0.717) is 23.5 Å². The summed E-state index contributed by atoms with van der Waals surface area (Å²) in [5.41, 5.74) is 2.24. The molecule has 6 nitrogen and oxygen atoms in total. The number of esters is 1. The number of Topliss-reactive ketones (excluding diaryl/α,β-unsaturated/α-hetero) is 1. The number of aromatic nitrogens is 1. The molecular weight excluding hydrogens is 363 g/mol. The number of H-pyrrole nitrogens is 1. The Morgan fingerprint density at radius 2 is 1.86 bits per heavy atom. The highest BCUT2D eigenvalue weighted by atomic mass is 19.1. The lowest BCUT2D eigenvalue weighted by Gasteiger charge is -2.22. The number of hydrogen-bond acceptors (Lipinski definition) is 4. The van der Waals surface area contributed by atoms with Crippen LogP contribution in [0.4, 0.5) is 4.39 Å². The van der Waals surface area contributed by atoms with Crippen molar-refractivity contribution in [2.75, 3.05) is 7.11 Å². The van der Waals surface area contributed by atoms with E-state index in [0.717, 1.165) is 18.4 Å². The standard InChI is InChI=1S/C21H23FN2O4/c1-12-19(21(27)28-3)17(23-20(12)13(2)25)10-18(26)24(16-8-9-16)11-14-4-6-15(22)7-5-14/h4-7,16,23H,8-11H2,1-3H3. The molecular formula is C21H23FN2O4. The van der Waals surface area contributed by atoms with Gasteiger partial charge in [0, 0.05) is 25.2 Å². The Kier molecular flexibility index (Phi) is 5.63. The number of nitrogens with one attached hydrogen (secondary N) is 1. The van der Waals surface area contributed by atoms with E-state index in [4.69, 9.17) is 4.74 Å². The molecule has 1 fully saturated rings. The zero-order chi connectivity index (χ0) is 20.4. The average Bonchev–Trinajstić information content (AvgIpc) is 3.44. The summed E-state index contributed by atoms with van der Waals surface area (Å²) in [4.78, 5) is 41.7. The van der Waals surface area contributed by atoms with Crippen LogP contribution in [0.1, 0.15) is 57.4 Å². The van der Waals surface area contributed by atoms with Gasteiger partial charge in [-0.3, -0.25) is 9.59 Å². The zero-order valence-corrected chi connectivity index (χ0v) is 16.2. The molecule has 0 spiro atoms. The second-order valence-corrected chi connectivity index (χ2v) is 7.08. The van der Waals surface area contributed by atoms with Gasteiger partial charge in [0.25, 0.3) is 0 Å². The lowest BCUT2D eigenvalue weighted by Crippen LogP contribution is -2.34. The number of ketones is 1. The number of methoxy groups -OCH3 is 1. The van der Waals surface area contributed by atoms with E-state index in [1.807, 2.05) is 0 Å². The monoisotopic (exact) mass is 386 g/mol. The fourth-order valence-electron chi connectivity index (χ4n) is 3.37. The van der Waals surface area contributed by atoms with E-state index >= 15 is 0 Å². The third-order valence-corrected chi connectivity index (χ3v) is 4.97. The number of aromatic amines is 1. The molecule has 0 unspecified atom stereocenters. The molecule has 1 aliphatic rings. The highest BCUT2D eigenvalue weighted by molar-refractivity contribution is 6.01. The molecule has 0 aliphatic heterocycles. The van der Waals surface area contributed by atoms with Crippen LogP contribution in [0, 0.1) is 12.7 Å². The molecule has 2 aromatic rings. The molecule has 7 heteroatoms. The first kappa shape index (κ1) is 19.8. The number of hydrogen-bond donors (Lipinski definition) is 1. The topological polar surface area (TPSA) is 79.5 Å². The van der Waals surface area contributed by atoms with Crippen LogP contribution in [0.2, 0.25) is 0 Å². The van der Waals surface area contributed by atoms with E-state index in [1.54, 1.807) is 24.0 Å². The van der Waals surface area contributed by atoms with Gasteiger partial charge in [0.15, 0.2) is 5.78 Å². The van der Waals surface area contributed by atoms with Gasteiger partial charge in [-0.05, 0) is 43.0 Å². The van der Waals surface area contributed by atoms with Crippen LogP contribution in [-0.2, 0) is 22.5 Å². The van der Waals surface area contributed by atoms with E-state index in [1.165, 1.54) is 26.2 Å². The Bertz CT molecular complexity index is 913. The summed E-state index contributed by atoms with van der Waals surface area (Å²) in [6.45, 7) is 3.43. The fourth-order valence-corrected chi connectivity index (χ4v) is 3.37. The third kappa shape index (κ3) is 4.13. The van der Waals surface area contributed by atoms with Crippen LogP contribution in [0.3, 0.4) is 0 Å². The first-order valence-corrected chi connectivity index (χ1v) is 9.16. The molecule has 1 aliphatic carbocycles. The van der Waals surface area contributed by atoms with E-state index in [2.05, 4.69) is 4.98 Å². The van der Waals surface area contributed by atoms with Gasteiger partial charge < -0.3 is 14.6 Å². The van der Waals surface area contributed by atoms with Crippen LogP contribution >= 0.6 is 0 Å². The molecule has 1 aromatic carbocycles. The van der Waals surface area contributed by atoms with Gasteiger partial charge in [0.05, 0.1) is 24.8 Å². The number of halogens is 1. The number of ether oxygens (including phenoxy) is 1. The Morgan fingerprint density at radius 3 is 2.39 bits per heavy atom. The average molecular weight is 386 g/mol. The predicted octanol–water partition coefficient (Wildman–Crippen LogP) is 3.19. The maximum absolute atomic E-state index is 13.1. The van der Waals surface area contributed by atoms with Crippen LogP contribution in [0.25, 0.3) is 0 Å². The van der Waals surface area contributed by atoms with Gasteiger partial charge >= 0.3 is 5.97 Å². The van der Waals surface area contributed by atoms with Crippen LogP contribution in [-0.4, -0.2) is 40.7 Å². The summed E-state index contributed by atoms with van der Waals surface area (Å²) in [6, 6.07) is 6.19. The smallest absolute Gasteiger partial charge is 0.339 e. The largest absolute Gasteiger partial charge is 0.465 e. The van der Waals surface area contributed by atoms with Crippen molar-refractivity contribution in [1.82, 2.24) is 9.88 Å². The summed E-state index contributed by atoms with van der Waals surface area (Å²) >= 11 is 0. The predicted molar refractivity (Wildman–Crippen MR) is 101 cm³/mol. The number of rotatable bonds is 7. The minimum absolute atomic E-state index is 0.0454. The maximum Gasteiger partial charge on any atom is 0.339 e. The highest BCUT2D eigenvalue weighted by Gasteiger charge is 2.34. The van der Waals surface area contributed by atoms with Crippen molar-refractivity contribution in [3.63, 3.8) is 0 Å². The van der Waals surface area contributed by atoms with E-state index < -0.39 is 5.97 Å². The summed E-state index contributed by atoms with van der Waals surface area (Å²) in [6.07, 6.45) is 1.79. The molecule has 28 heavy (non-hydrogen) atoms. The Hall–Kier alpha value is -2.96. The molecule has 0 saturated heterocycles. The second-order valence-electron chi connectivity index (χ2n) is 7.08. The van der Waals surface area contributed by atoms with Gasteiger partial charge in [-0.25, -0.2) is 9.18 Å². The Balaban J connectivity index is 1.85. The van der Waals surface area contributed by atoms with Crippen molar-refractivity contribution >= 4 is 17.7 Å². The summed E-state index contributed by atoms with van der Waals surface area (Å²) in [7, 11) is 1.26. The molecule has 1 N–H and O–H groups in total. The fraction of sp³-hybridized carbons (Fsp3) is 0.381. The Labute approximate surface area is 162 Å². The summed E-state index contributed by atoms with van der Waals surface area (Å²) in [5.74, 6) is -1.28. The maximum atomic E-state index is 13.1. The molecule has 0 atom stereocenters. The van der Waals surface area contributed by atoms with Gasteiger partial charge in [0.1, 0.15) is 5.82 Å². The molecule has 1 aromatic heterocycles. The van der Waals surface area contributed by atoms with Gasteiger partial charge in [0.2, 0.25) is 5.91 Å². The van der Waals surface area contributed by atoms with Gasteiger partial charge in [-0.15, -0.1) is 0 Å². The first-order chi connectivity index (χ1) is 13.3. The number of nitrogens with zero attached hydrogens (tertiary/aromatic N) is 1. The van der Waals surface area contributed by atoms with Crippen molar-refractivity contribution < 1.29 is 23.5 Å². The number of amides is 1. The van der Waals surface area contributed by atoms with Gasteiger partial charge in [-0.2, -0.15) is 0 Å². The molecule has 0 radical (unpaired) electrons. The zero-order valence-electron chi connectivity index (χ0n) is 16.2. The Morgan fingerprint density at radius 1 is 1.21 bits per heavy atom. The van der Waals surface area contributed by atoms with Crippen molar-refractivity contribution in [3.8, 4) is 0 Å². The van der Waals surface area contributed by atoms with Crippen LogP contribution in [0.15, 0.2) is 24.3 Å². The quantitative estimate of drug-likeness (QED) is 0.585. The van der Waals surface area contributed by atoms with E-state index in [-0.39, 0.29) is 35.5 Å². The minimum Gasteiger partial charge on any atom is -0.465 e. The third-order valence-electron chi connectivity index (χ3n) is 4.97. The molecule has 1 saturated carbocycles. The van der Waals surface area contributed by atoms with Crippen molar-refractivity contribution in [3.05, 3.63) is 58.2 Å². The highest BCUT2D eigenvalue weighted by Crippen LogP contribution is 2.30. The second kappa shape index (κ2) is 7.96. The lowest BCUT2D eigenvalue weighted by molar-refractivity contribution is -0.131. The number of benzene rings is 1. The normalized spacial score (nSPS) is 13.3. The molecule has 148 valence electrons. The lowest BCUT2D eigenvalue weighted by atomic mass is 10.1. The minimum atomic E-state index is -0.583. The molecule has 1 amide bonds. The van der Waals surface area contributed by atoms with Crippen LogP contribution < -0.4 is 0 Å². The number of carbonyl (C=O) groups is 3. The van der Waals surface area contributed by atoms with Gasteiger partial charge in [-0.1, -0.05) is 12.1 Å². The van der Waals surface area contributed by atoms with Crippen molar-refractivity contribution in [2.24, 2.45) is 0 Å². The SMILES string of the molecule is COC(=O)c1c(CC(=O)N(Cc2ccc(F)cc2)C2CC2)[nH]c(C(C)=O)c1C. The summed E-state index contributed by atoms with van der Waals surface area (Å²) in [5, 5.41) is 0. The molecule has 1 heterocycles.